The van der Waals surface area contributed by atoms with Gasteiger partial charge >= 0.3 is 0 Å². The van der Waals surface area contributed by atoms with Gasteiger partial charge in [-0.15, -0.1) is 12.4 Å². The van der Waals surface area contributed by atoms with Gasteiger partial charge in [-0.2, -0.15) is 0 Å². The van der Waals surface area contributed by atoms with Crippen LogP contribution in [0.1, 0.15) is 12.8 Å². The van der Waals surface area contributed by atoms with Crippen LogP contribution in [0.3, 0.4) is 0 Å². The predicted octanol–water partition coefficient (Wildman–Crippen LogP) is 2.56. The maximum absolute atomic E-state index is 13.3. The molecule has 0 unspecified atom stereocenters. The monoisotopic (exact) mass is 302 g/mol. The summed E-state index contributed by atoms with van der Waals surface area (Å²) in [6.07, 6.45) is 2.47. The fourth-order valence-corrected chi connectivity index (χ4v) is 2.55. The third kappa shape index (κ3) is 5.27. The second kappa shape index (κ2) is 9.16. The summed E-state index contributed by atoms with van der Waals surface area (Å²) in [7, 11) is 2.01. The summed E-state index contributed by atoms with van der Waals surface area (Å²) in [5.41, 5.74) is 0. The van der Waals surface area contributed by atoms with Crippen LogP contribution < -0.4 is 10.1 Å². The van der Waals surface area contributed by atoms with Crippen LogP contribution in [0.4, 0.5) is 4.39 Å². The molecule has 2 rings (SSSR count). The number of halogens is 2. The molecule has 0 spiro atoms. The Hall–Kier alpha value is -0.840. The molecule has 1 aromatic rings. The Morgan fingerprint density at radius 1 is 1.30 bits per heavy atom. The van der Waals surface area contributed by atoms with E-state index < -0.39 is 0 Å². The van der Waals surface area contributed by atoms with Crippen LogP contribution in [0.25, 0.3) is 0 Å². The number of rotatable bonds is 6. The summed E-state index contributed by atoms with van der Waals surface area (Å²) < 4.78 is 18.8. The molecule has 1 fully saturated rings. The number of hydrogen-bond acceptors (Lipinski definition) is 3. The molecule has 0 aromatic heterocycles. The van der Waals surface area contributed by atoms with E-state index >= 15 is 0 Å². The van der Waals surface area contributed by atoms with Gasteiger partial charge in [0.1, 0.15) is 6.61 Å². The van der Waals surface area contributed by atoms with Crippen LogP contribution in [0, 0.1) is 11.7 Å². The van der Waals surface area contributed by atoms with Gasteiger partial charge < -0.3 is 10.1 Å². The first kappa shape index (κ1) is 17.2. The molecule has 114 valence electrons. The fourth-order valence-electron chi connectivity index (χ4n) is 2.55. The van der Waals surface area contributed by atoms with Crippen molar-refractivity contribution in [1.82, 2.24) is 10.2 Å². The van der Waals surface area contributed by atoms with E-state index in [0.717, 1.165) is 32.1 Å². The SMILES string of the molecule is CNCC1CCN(CCOc2ccccc2F)CC1.Cl. The Labute approximate surface area is 126 Å². The second-order valence-corrected chi connectivity index (χ2v) is 5.12. The summed E-state index contributed by atoms with van der Waals surface area (Å²) in [6.45, 7) is 4.78. The minimum atomic E-state index is -0.282. The van der Waals surface area contributed by atoms with Crippen LogP contribution in [-0.4, -0.2) is 44.7 Å². The number of ether oxygens (including phenoxy) is 1. The largest absolute Gasteiger partial charge is 0.489 e. The topological polar surface area (TPSA) is 24.5 Å². The fraction of sp³-hybridized carbons (Fsp3) is 0.600. The number of nitrogens with one attached hydrogen (secondary N) is 1. The van der Waals surface area contributed by atoms with Crippen LogP contribution in [0.2, 0.25) is 0 Å². The highest BCUT2D eigenvalue weighted by Crippen LogP contribution is 2.17. The van der Waals surface area contributed by atoms with Gasteiger partial charge in [0.05, 0.1) is 0 Å². The van der Waals surface area contributed by atoms with E-state index in [1.165, 1.54) is 18.9 Å². The lowest BCUT2D eigenvalue weighted by Crippen LogP contribution is -2.38. The average Bonchev–Trinajstić information content (AvgIpc) is 2.43. The Bertz CT molecular complexity index is 384. The number of hydrogen-bond donors (Lipinski definition) is 1. The number of likely N-dealkylation sites (tertiary alicyclic amines) is 1. The molecule has 1 saturated heterocycles. The van der Waals surface area contributed by atoms with E-state index in [1.807, 2.05) is 7.05 Å². The van der Waals surface area contributed by atoms with Gasteiger partial charge in [-0.1, -0.05) is 12.1 Å². The van der Waals surface area contributed by atoms with Gasteiger partial charge in [0, 0.05) is 6.54 Å². The van der Waals surface area contributed by atoms with Crippen molar-refractivity contribution in [2.75, 3.05) is 39.8 Å². The van der Waals surface area contributed by atoms with Crippen molar-refractivity contribution in [3.05, 3.63) is 30.1 Å². The van der Waals surface area contributed by atoms with Crippen molar-refractivity contribution in [1.29, 1.82) is 0 Å². The molecule has 1 aliphatic rings. The standard InChI is InChI=1S/C15H23FN2O.ClH/c1-17-12-13-6-8-18(9-7-13)10-11-19-15-5-3-2-4-14(15)16;/h2-5,13,17H,6-12H2,1H3;1H. The summed E-state index contributed by atoms with van der Waals surface area (Å²) in [4.78, 5) is 2.40. The van der Waals surface area contributed by atoms with Crippen molar-refractivity contribution in [2.24, 2.45) is 5.92 Å². The van der Waals surface area contributed by atoms with Gasteiger partial charge in [0.15, 0.2) is 11.6 Å². The molecular weight excluding hydrogens is 279 g/mol. The second-order valence-electron chi connectivity index (χ2n) is 5.12. The maximum Gasteiger partial charge on any atom is 0.165 e. The Morgan fingerprint density at radius 2 is 2.00 bits per heavy atom. The van der Waals surface area contributed by atoms with Crippen LogP contribution in [0.5, 0.6) is 5.75 Å². The van der Waals surface area contributed by atoms with Crippen LogP contribution >= 0.6 is 12.4 Å². The molecule has 3 nitrogen and oxygen atoms in total. The third-order valence-corrected chi connectivity index (χ3v) is 3.70. The minimum absolute atomic E-state index is 0. The molecule has 0 radical (unpaired) electrons. The number of nitrogens with zero attached hydrogens (tertiary/aromatic N) is 1. The van der Waals surface area contributed by atoms with Gasteiger partial charge in [-0.3, -0.25) is 4.90 Å². The lowest BCUT2D eigenvalue weighted by atomic mass is 9.97. The van der Waals surface area contributed by atoms with Crippen molar-refractivity contribution < 1.29 is 9.13 Å². The summed E-state index contributed by atoms with van der Waals surface area (Å²) in [6, 6.07) is 6.57. The zero-order chi connectivity index (χ0) is 13.5. The molecule has 5 heteroatoms. The molecule has 1 N–H and O–H groups in total. The highest BCUT2D eigenvalue weighted by molar-refractivity contribution is 5.85. The molecule has 0 saturated carbocycles. The highest BCUT2D eigenvalue weighted by atomic mass is 35.5. The minimum Gasteiger partial charge on any atom is -0.489 e. The molecule has 20 heavy (non-hydrogen) atoms. The first-order chi connectivity index (χ1) is 9.29. The molecule has 0 aliphatic carbocycles. The quantitative estimate of drug-likeness (QED) is 0.874. The summed E-state index contributed by atoms with van der Waals surface area (Å²) in [5, 5.41) is 3.24. The van der Waals surface area contributed by atoms with E-state index in [1.54, 1.807) is 18.2 Å². The molecule has 1 aliphatic heterocycles. The molecular formula is C15H24ClFN2O. The van der Waals surface area contributed by atoms with E-state index in [0.29, 0.717) is 12.4 Å². The Kier molecular flexibility index (Phi) is 7.88. The zero-order valence-electron chi connectivity index (χ0n) is 12.0. The number of para-hydroxylation sites is 1. The van der Waals surface area contributed by atoms with Crippen LogP contribution in [0.15, 0.2) is 24.3 Å². The summed E-state index contributed by atoms with van der Waals surface area (Å²) >= 11 is 0. The molecule has 1 heterocycles. The van der Waals surface area contributed by atoms with Gasteiger partial charge in [0.2, 0.25) is 0 Å². The smallest absolute Gasteiger partial charge is 0.165 e. The highest BCUT2D eigenvalue weighted by Gasteiger charge is 2.18. The van der Waals surface area contributed by atoms with Crippen molar-refractivity contribution in [3.63, 3.8) is 0 Å². The summed E-state index contributed by atoms with van der Waals surface area (Å²) in [5.74, 6) is 0.872. The van der Waals surface area contributed by atoms with Crippen molar-refractivity contribution in [3.8, 4) is 5.75 Å². The van der Waals surface area contributed by atoms with E-state index in [-0.39, 0.29) is 18.2 Å². The van der Waals surface area contributed by atoms with Gasteiger partial charge in [0.25, 0.3) is 0 Å². The average molecular weight is 303 g/mol. The number of benzene rings is 1. The normalized spacial score (nSPS) is 16.7. The van der Waals surface area contributed by atoms with Gasteiger partial charge in [-0.25, -0.2) is 4.39 Å². The van der Waals surface area contributed by atoms with Gasteiger partial charge in [-0.05, 0) is 57.6 Å². The maximum atomic E-state index is 13.3. The van der Waals surface area contributed by atoms with Crippen LogP contribution in [-0.2, 0) is 0 Å². The predicted molar refractivity (Wildman–Crippen MR) is 82.2 cm³/mol. The number of piperidine rings is 1. The lowest BCUT2D eigenvalue weighted by molar-refractivity contribution is 0.153. The Morgan fingerprint density at radius 3 is 2.65 bits per heavy atom. The van der Waals surface area contributed by atoms with E-state index in [2.05, 4.69) is 10.2 Å². The Balaban J connectivity index is 0.00000200. The van der Waals surface area contributed by atoms with E-state index in [9.17, 15) is 4.39 Å². The molecule has 0 atom stereocenters. The zero-order valence-corrected chi connectivity index (χ0v) is 12.8. The third-order valence-electron chi connectivity index (χ3n) is 3.70. The van der Waals surface area contributed by atoms with Crippen molar-refractivity contribution >= 4 is 12.4 Å². The first-order valence-electron chi connectivity index (χ1n) is 7.04. The molecule has 0 bridgehead atoms. The van der Waals surface area contributed by atoms with Crippen molar-refractivity contribution in [2.45, 2.75) is 12.8 Å². The van der Waals surface area contributed by atoms with E-state index in [4.69, 9.17) is 4.74 Å². The molecule has 1 aromatic carbocycles. The molecule has 0 amide bonds. The lowest BCUT2D eigenvalue weighted by Gasteiger charge is -2.31. The first-order valence-corrected chi connectivity index (χ1v) is 7.04.